The lowest BCUT2D eigenvalue weighted by molar-refractivity contribution is 0.241. The van der Waals surface area contributed by atoms with Crippen LogP contribution >= 0.6 is 0 Å². The molecule has 0 saturated carbocycles. The molecule has 2 unspecified atom stereocenters. The number of hydrogen-bond acceptors (Lipinski definition) is 2. The van der Waals surface area contributed by atoms with Crippen LogP contribution in [-0.4, -0.2) is 12.1 Å². The Bertz CT molecular complexity index is 461. The molecule has 2 nitrogen and oxygen atoms in total. The van der Waals surface area contributed by atoms with Gasteiger partial charge in [-0.1, -0.05) is 62.8 Å². The largest absolute Gasteiger partial charge is 0.492 e. The first-order valence-corrected chi connectivity index (χ1v) is 6.63. The van der Waals surface area contributed by atoms with Crippen molar-refractivity contribution in [2.75, 3.05) is 0 Å². The second-order valence-corrected chi connectivity index (χ2v) is 4.92. The molecule has 2 atom stereocenters. The molecule has 0 radical (unpaired) electrons. The van der Waals surface area contributed by atoms with Gasteiger partial charge in [-0.3, -0.25) is 0 Å². The molecule has 0 amide bonds. The first-order chi connectivity index (χ1) is 8.72. The molecule has 18 heavy (non-hydrogen) atoms. The molecular weight excluding hydrogens is 223 g/mol. The van der Waals surface area contributed by atoms with Crippen molar-refractivity contribution >= 4 is 12.6 Å². The second kappa shape index (κ2) is 6.09. The standard InChI is InChI=1S/C15H19BO2/c1-3-7-12(2)8-6-11-15-13-9-4-5-10-14(13)16(17)18-15/h4-5,9-10,12,15,17H,3,7-8H2,1-2H3. The van der Waals surface area contributed by atoms with Gasteiger partial charge in [-0.05, 0) is 16.9 Å². The zero-order valence-electron chi connectivity index (χ0n) is 11.0. The Kier molecular flexibility index (Phi) is 4.46. The molecule has 1 aliphatic rings. The summed E-state index contributed by atoms with van der Waals surface area (Å²) >= 11 is 0. The van der Waals surface area contributed by atoms with Gasteiger partial charge < -0.3 is 9.68 Å². The van der Waals surface area contributed by atoms with Crippen LogP contribution in [0, 0.1) is 17.8 Å². The Morgan fingerprint density at radius 2 is 2.22 bits per heavy atom. The fourth-order valence-electron chi connectivity index (χ4n) is 2.28. The molecule has 2 rings (SSSR count). The molecular formula is C15H19BO2. The van der Waals surface area contributed by atoms with Crippen LogP contribution in [-0.2, 0) is 4.65 Å². The van der Waals surface area contributed by atoms with E-state index < -0.39 is 7.12 Å². The summed E-state index contributed by atoms with van der Waals surface area (Å²) in [6.07, 6.45) is 3.03. The van der Waals surface area contributed by atoms with Gasteiger partial charge in [-0.15, -0.1) is 0 Å². The minimum Gasteiger partial charge on any atom is -0.423 e. The van der Waals surface area contributed by atoms with Crippen LogP contribution in [0.15, 0.2) is 24.3 Å². The Morgan fingerprint density at radius 1 is 1.44 bits per heavy atom. The fourth-order valence-corrected chi connectivity index (χ4v) is 2.28. The molecule has 94 valence electrons. The monoisotopic (exact) mass is 242 g/mol. The van der Waals surface area contributed by atoms with Crippen LogP contribution in [0.4, 0.5) is 0 Å². The zero-order chi connectivity index (χ0) is 13.0. The van der Waals surface area contributed by atoms with Crippen molar-refractivity contribution in [3.8, 4) is 11.8 Å². The van der Waals surface area contributed by atoms with Gasteiger partial charge >= 0.3 is 7.12 Å². The van der Waals surface area contributed by atoms with Gasteiger partial charge in [0.15, 0.2) is 0 Å². The summed E-state index contributed by atoms with van der Waals surface area (Å²) in [4.78, 5) is 0. The quantitative estimate of drug-likeness (QED) is 0.650. The van der Waals surface area contributed by atoms with Crippen molar-refractivity contribution in [2.24, 2.45) is 5.92 Å². The topological polar surface area (TPSA) is 29.5 Å². The summed E-state index contributed by atoms with van der Waals surface area (Å²) in [6, 6.07) is 7.72. The third-order valence-corrected chi connectivity index (χ3v) is 3.27. The predicted molar refractivity (Wildman–Crippen MR) is 74.3 cm³/mol. The van der Waals surface area contributed by atoms with Gasteiger partial charge in [0, 0.05) is 6.42 Å². The maximum atomic E-state index is 9.75. The first-order valence-electron chi connectivity index (χ1n) is 6.63. The Hall–Kier alpha value is -1.24. The lowest BCUT2D eigenvalue weighted by atomic mass is 9.79. The van der Waals surface area contributed by atoms with E-state index in [1.54, 1.807) is 0 Å². The van der Waals surface area contributed by atoms with E-state index in [0.29, 0.717) is 5.92 Å². The van der Waals surface area contributed by atoms with E-state index in [1.165, 1.54) is 12.8 Å². The van der Waals surface area contributed by atoms with Crippen molar-refractivity contribution in [1.29, 1.82) is 0 Å². The maximum Gasteiger partial charge on any atom is 0.492 e. The highest BCUT2D eigenvalue weighted by Gasteiger charge is 2.33. The highest BCUT2D eigenvalue weighted by molar-refractivity contribution is 6.61. The fraction of sp³-hybridized carbons (Fsp3) is 0.467. The summed E-state index contributed by atoms with van der Waals surface area (Å²) in [5.74, 6) is 6.94. The molecule has 0 aliphatic carbocycles. The van der Waals surface area contributed by atoms with Crippen LogP contribution in [0.5, 0.6) is 0 Å². The molecule has 3 heteroatoms. The van der Waals surface area contributed by atoms with Crippen molar-refractivity contribution in [3.63, 3.8) is 0 Å². The number of hydrogen-bond donors (Lipinski definition) is 1. The predicted octanol–water partition coefficient (Wildman–Crippen LogP) is 2.28. The average Bonchev–Trinajstić information content (AvgIpc) is 2.68. The van der Waals surface area contributed by atoms with Crippen LogP contribution < -0.4 is 5.46 Å². The summed E-state index contributed by atoms with van der Waals surface area (Å²) in [5, 5.41) is 9.75. The van der Waals surface area contributed by atoms with Gasteiger partial charge in [-0.25, -0.2) is 0 Å². The van der Waals surface area contributed by atoms with Crippen LogP contribution in [0.1, 0.15) is 44.8 Å². The minimum atomic E-state index is -0.825. The third-order valence-electron chi connectivity index (χ3n) is 3.27. The molecule has 0 spiro atoms. The average molecular weight is 242 g/mol. The van der Waals surface area contributed by atoms with Gasteiger partial charge in [0.25, 0.3) is 0 Å². The lowest BCUT2D eigenvalue weighted by Gasteiger charge is -2.05. The Balaban J connectivity index is 2.02. The van der Waals surface area contributed by atoms with E-state index in [9.17, 15) is 5.02 Å². The van der Waals surface area contributed by atoms with Crippen molar-refractivity contribution < 1.29 is 9.68 Å². The zero-order valence-corrected chi connectivity index (χ0v) is 11.0. The smallest absolute Gasteiger partial charge is 0.423 e. The lowest BCUT2D eigenvalue weighted by Crippen LogP contribution is -2.27. The molecule has 1 aromatic rings. The third kappa shape index (κ3) is 2.96. The van der Waals surface area contributed by atoms with E-state index >= 15 is 0 Å². The molecule has 1 aromatic carbocycles. The van der Waals surface area contributed by atoms with Crippen LogP contribution in [0.25, 0.3) is 0 Å². The summed E-state index contributed by atoms with van der Waals surface area (Å²) in [5.41, 5.74) is 1.85. The van der Waals surface area contributed by atoms with Crippen LogP contribution in [0.2, 0.25) is 0 Å². The summed E-state index contributed by atoms with van der Waals surface area (Å²) < 4.78 is 5.46. The SMILES string of the molecule is CCCC(C)CC#CC1OB(O)c2ccccc21. The molecule has 0 aromatic heterocycles. The number of rotatable bonds is 3. The van der Waals surface area contributed by atoms with Crippen molar-refractivity contribution in [2.45, 2.75) is 39.2 Å². The number of fused-ring (bicyclic) bond motifs is 1. The maximum absolute atomic E-state index is 9.75. The van der Waals surface area contributed by atoms with E-state index in [2.05, 4.69) is 25.7 Å². The first kappa shape index (κ1) is 13.2. The van der Waals surface area contributed by atoms with E-state index in [4.69, 9.17) is 4.65 Å². The molecule has 0 fully saturated rings. The molecule has 0 bridgehead atoms. The van der Waals surface area contributed by atoms with Crippen molar-refractivity contribution in [1.82, 2.24) is 0 Å². The van der Waals surface area contributed by atoms with E-state index in [-0.39, 0.29) is 6.10 Å². The van der Waals surface area contributed by atoms with Gasteiger partial charge in [0.05, 0.1) is 0 Å². The van der Waals surface area contributed by atoms with Gasteiger partial charge in [-0.2, -0.15) is 0 Å². The van der Waals surface area contributed by atoms with E-state index in [1.807, 2.05) is 24.3 Å². The molecule has 1 aliphatic heterocycles. The van der Waals surface area contributed by atoms with Crippen LogP contribution in [0.3, 0.4) is 0 Å². The Labute approximate surface area is 110 Å². The van der Waals surface area contributed by atoms with Gasteiger partial charge in [0.2, 0.25) is 0 Å². The second-order valence-electron chi connectivity index (χ2n) is 4.92. The molecule has 0 saturated heterocycles. The summed E-state index contributed by atoms with van der Waals surface area (Å²) in [6.45, 7) is 4.41. The Morgan fingerprint density at radius 3 is 3.00 bits per heavy atom. The highest BCUT2D eigenvalue weighted by atomic mass is 16.5. The molecule has 1 heterocycles. The summed E-state index contributed by atoms with van der Waals surface area (Å²) in [7, 11) is -0.825. The highest BCUT2D eigenvalue weighted by Crippen LogP contribution is 2.22. The number of benzene rings is 1. The molecule has 1 N–H and O–H groups in total. The van der Waals surface area contributed by atoms with E-state index in [0.717, 1.165) is 17.4 Å². The van der Waals surface area contributed by atoms with Crippen molar-refractivity contribution in [3.05, 3.63) is 29.8 Å². The minimum absolute atomic E-state index is 0.273. The normalized spacial score (nSPS) is 19.1. The van der Waals surface area contributed by atoms with Gasteiger partial charge in [0.1, 0.15) is 6.10 Å².